The molecule has 1 saturated carbocycles. The molecule has 1 aromatic carbocycles. The SMILES string of the molecule is C[C@@H]1Oc2ccc(S(=O)(=O)N3CCN(C(=O)NC4CCCCC4)CC3)cc2NC1=O. The standard InChI is InChI=1S/C20H28N4O5S/c1-14-19(25)22-17-13-16(7-8-18(17)29-14)30(27,28)24-11-9-23(10-12-24)20(26)21-15-5-3-2-4-6-15/h7-8,13-15H,2-6,9-12H2,1H3,(H,21,26)(H,22,25)/t14-/m0/s1. The number of sulfonamides is 1. The predicted octanol–water partition coefficient (Wildman–Crippen LogP) is 1.75. The van der Waals surface area contributed by atoms with Crippen LogP contribution in [0.25, 0.3) is 0 Å². The molecule has 164 valence electrons. The van der Waals surface area contributed by atoms with Crippen LogP contribution < -0.4 is 15.4 Å². The Labute approximate surface area is 176 Å². The lowest BCUT2D eigenvalue weighted by molar-refractivity contribution is -0.122. The summed E-state index contributed by atoms with van der Waals surface area (Å²) in [4.78, 5) is 26.1. The molecule has 0 spiro atoms. The van der Waals surface area contributed by atoms with Crippen molar-refractivity contribution in [1.82, 2.24) is 14.5 Å². The van der Waals surface area contributed by atoms with Gasteiger partial charge in [0.15, 0.2) is 6.10 Å². The van der Waals surface area contributed by atoms with Crippen LogP contribution in [-0.4, -0.2) is 67.9 Å². The van der Waals surface area contributed by atoms with Crippen LogP contribution >= 0.6 is 0 Å². The molecule has 30 heavy (non-hydrogen) atoms. The number of ether oxygens (including phenoxy) is 1. The van der Waals surface area contributed by atoms with E-state index in [1.165, 1.54) is 22.9 Å². The van der Waals surface area contributed by atoms with E-state index < -0.39 is 16.1 Å². The minimum absolute atomic E-state index is 0.0970. The fraction of sp³-hybridized carbons (Fsp3) is 0.600. The summed E-state index contributed by atoms with van der Waals surface area (Å²) < 4.78 is 33.0. The zero-order chi connectivity index (χ0) is 21.3. The molecular weight excluding hydrogens is 408 g/mol. The zero-order valence-corrected chi connectivity index (χ0v) is 17.9. The molecule has 2 fully saturated rings. The summed E-state index contributed by atoms with van der Waals surface area (Å²) in [6.07, 6.45) is 4.91. The quantitative estimate of drug-likeness (QED) is 0.751. The van der Waals surface area contributed by atoms with Gasteiger partial charge in [-0.05, 0) is 38.0 Å². The third-order valence-electron chi connectivity index (χ3n) is 5.98. The van der Waals surface area contributed by atoms with E-state index in [0.29, 0.717) is 24.5 Å². The van der Waals surface area contributed by atoms with Crippen LogP contribution in [0.1, 0.15) is 39.0 Å². The van der Waals surface area contributed by atoms with Gasteiger partial charge in [-0.25, -0.2) is 13.2 Å². The summed E-state index contributed by atoms with van der Waals surface area (Å²) in [5.41, 5.74) is 0.352. The summed E-state index contributed by atoms with van der Waals surface area (Å²) in [5.74, 6) is 0.139. The number of nitrogens with zero attached hydrogens (tertiary/aromatic N) is 2. The van der Waals surface area contributed by atoms with Gasteiger partial charge in [0, 0.05) is 32.2 Å². The average molecular weight is 437 g/mol. The molecule has 2 heterocycles. The number of anilines is 1. The number of carbonyl (C=O) groups excluding carboxylic acids is 2. The van der Waals surface area contributed by atoms with E-state index in [1.54, 1.807) is 17.9 Å². The van der Waals surface area contributed by atoms with Gasteiger partial charge in [0.2, 0.25) is 10.0 Å². The third-order valence-corrected chi connectivity index (χ3v) is 7.87. The molecule has 1 aromatic rings. The Morgan fingerprint density at radius 2 is 1.83 bits per heavy atom. The molecule has 2 N–H and O–H groups in total. The second-order valence-electron chi connectivity index (χ2n) is 8.08. The van der Waals surface area contributed by atoms with Crippen molar-refractivity contribution >= 4 is 27.6 Å². The lowest BCUT2D eigenvalue weighted by Gasteiger charge is -2.35. The molecule has 3 amide bonds. The second-order valence-corrected chi connectivity index (χ2v) is 10.0. The summed E-state index contributed by atoms with van der Waals surface area (Å²) >= 11 is 0. The molecule has 0 aromatic heterocycles. The van der Waals surface area contributed by atoms with Crippen LogP contribution in [-0.2, 0) is 14.8 Å². The van der Waals surface area contributed by atoms with Crippen molar-refractivity contribution < 1.29 is 22.7 Å². The van der Waals surface area contributed by atoms with Crippen LogP contribution in [0.15, 0.2) is 23.1 Å². The normalized spacial score (nSPS) is 23.3. The predicted molar refractivity (Wildman–Crippen MR) is 111 cm³/mol. The highest BCUT2D eigenvalue weighted by atomic mass is 32.2. The Bertz CT molecular complexity index is 921. The first-order valence-electron chi connectivity index (χ1n) is 10.5. The number of hydrogen-bond donors (Lipinski definition) is 2. The first-order chi connectivity index (χ1) is 14.3. The zero-order valence-electron chi connectivity index (χ0n) is 17.1. The minimum Gasteiger partial charge on any atom is -0.479 e. The summed E-state index contributed by atoms with van der Waals surface area (Å²) in [6.45, 7) is 2.79. The fourth-order valence-electron chi connectivity index (χ4n) is 4.14. The number of benzene rings is 1. The van der Waals surface area contributed by atoms with Crippen molar-refractivity contribution in [3.05, 3.63) is 18.2 Å². The number of amides is 3. The summed E-state index contributed by atoms with van der Waals surface area (Å²) in [6, 6.07) is 4.59. The molecule has 4 rings (SSSR count). The lowest BCUT2D eigenvalue weighted by atomic mass is 9.96. The van der Waals surface area contributed by atoms with E-state index in [-0.39, 0.29) is 36.0 Å². The van der Waals surface area contributed by atoms with E-state index in [2.05, 4.69) is 10.6 Å². The number of carbonyl (C=O) groups is 2. The maximum atomic E-state index is 13.1. The van der Waals surface area contributed by atoms with Gasteiger partial charge < -0.3 is 20.3 Å². The van der Waals surface area contributed by atoms with Crippen molar-refractivity contribution in [3.63, 3.8) is 0 Å². The Morgan fingerprint density at radius 3 is 2.53 bits per heavy atom. The molecule has 9 nitrogen and oxygen atoms in total. The van der Waals surface area contributed by atoms with Gasteiger partial charge in [-0.2, -0.15) is 4.31 Å². The molecular formula is C20H28N4O5S. The third kappa shape index (κ3) is 4.24. The Hall–Kier alpha value is -2.33. The highest BCUT2D eigenvalue weighted by Crippen LogP contribution is 2.33. The number of urea groups is 1. The topological polar surface area (TPSA) is 108 Å². The number of hydrogen-bond acceptors (Lipinski definition) is 5. The molecule has 1 atom stereocenters. The maximum Gasteiger partial charge on any atom is 0.317 e. The Balaban J connectivity index is 1.38. The van der Waals surface area contributed by atoms with Crippen molar-refractivity contribution in [2.24, 2.45) is 0 Å². The van der Waals surface area contributed by atoms with Crippen LogP contribution in [0.3, 0.4) is 0 Å². The van der Waals surface area contributed by atoms with Crippen LogP contribution in [0, 0.1) is 0 Å². The van der Waals surface area contributed by atoms with E-state index in [1.807, 2.05) is 0 Å². The monoisotopic (exact) mass is 436 g/mol. The maximum absolute atomic E-state index is 13.1. The molecule has 3 aliphatic rings. The number of nitrogens with one attached hydrogen (secondary N) is 2. The highest BCUT2D eigenvalue weighted by molar-refractivity contribution is 7.89. The average Bonchev–Trinajstić information content (AvgIpc) is 2.75. The van der Waals surface area contributed by atoms with Crippen molar-refractivity contribution in [3.8, 4) is 5.75 Å². The van der Waals surface area contributed by atoms with E-state index in [9.17, 15) is 18.0 Å². The fourth-order valence-corrected chi connectivity index (χ4v) is 5.59. The first kappa shape index (κ1) is 20.9. The van der Waals surface area contributed by atoms with Crippen LogP contribution in [0.4, 0.5) is 10.5 Å². The molecule has 0 bridgehead atoms. The van der Waals surface area contributed by atoms with E-state index in [4.69, 9.17) is 4.74 Å². The van der Waals surface area contributed by atoms with Gasteiger partial charge in [-0.1, -0.05) is 19.3 Å². The second kappa shape index (κ2) is 8.43. The van der Waals surface area contributed by atoms with Crippen LogP contribution in [0.2, 0.25) is 0 Å². The van der Waals surface area contributed by atoms with Crippen molar-refractivity contribution in [2.75, 3.05) is 31.5 Å². The molecule has 1 saturated heterocycles. The number of fused-ring (bicyclic) bond motifs is 1. The van der Waals surface area contributed by atoms with Gasteiger partial charge in [-0.3, -0.25) is 4.79 Å². The van der Waals surface area contributed by atoms with E-state index in [0.717, 1.165) is 25.7 Å². The highest BCUT2D eigenvalue weighted by Gasteiger charge is 2.32. The lowest BCUT2D eigenvalue weighted by Crippen LogP contribution is -2.54. The van der Waals surface area contributed by atoms with Gasteiger partial charge in [0.1, 0.15) is 5.75 Å². The van der Waals surface area contributed by atoms with Crippen LogP contribution in [0.5, 0.6) is 5.75 Å². The Kier molecular flexibility index (Phi) is 5.88. The number of rotatable bonds is 3. The smallest absolute Gasteiger partial charge is 0.317 e. The largest absolute Gasteiger partial charge is 0.479 e. The summed E-state index contributed by atoms with van der Waals surface area (Å²) in [7, 11) is -3.73. The first-order valence-corrected chi connectivity index (χ1v) is 12.0. The number of piperazine rings is 1. The van der Waals surface area contributed by atoms with Gasteiger partial charge in [-0.15, -0.1) is 0 Å². The molecule has 0 unspecified atom stereocenters. The van der Waals surface area contributed by atoms with Gasteiger partial charge >= 0.3 is 6.03 Å². The van der Waals surface area contributed by atoms with Gasteiger partial charge in [0.25, 0.3) is 5.91 Å². The molecule has 1 aliphatic carbocycles. The minimum atomic E-state index is -3.73. The van der Waals surface area contributed by atoms with Gasteiger partial charge in [0.05, 0.1) is 10.6 Å². The van der Waals surface area contributed by atoms with Crippen molar-refractivity contribution in [1.29, 1.82) is 0 Å². The molecule has 10 heteroatoms. The Morgan fingerprint density at radius 1 is 1.13 bits per heavy atom. The summed E-state index contributed by atoms with van der Waals surface area (Å²) in [5, 5.41) is 5.76. The van der Waals surface area contributed by atoms with Crippen molar-refractivity contribution in [2.45, 2.75) is 56.1 Å². The van der Waals surface area contributed by atoms with E-state index >= 15 is 0 Å². The molecule has 2 aliphatic heterocycles. The molecule has 0 radical (unpaired) electrons.